The molecule has 0 rings (SSSR count). The third kappa shape index (κ3) is 10.3. The van der Waals surface area contributed by atoms with Crippen molar-refractivity contribution in [3.8, 4) is 0 Å². The maximum Gasteiger partial charge on any atom is 1.00 e. The van der Waals surface area contributed by atoms with Gasteiger partial charge in [0.2, 0.25) is 0 Å². The second-order valence-electron chi connectivity index (χ2n) is 4.25. The molecule has 0 aromatic rings. The molecular formula is C10H19NaO6S. The van der Waals surface area contributed by atoms with Crippen LogP contribution < -0.4 is 29.6 Å². The second-order valence-corrected chi connectivity index (χ2v) is 5.77. The van der Waals surface area contributed by atoms with Crippen LogP contribution >= 0.6 is 0 Å². The molecule has 18 heavy (non-hydrogen) atoms. The molecule has 0 aliphatic carbocycles. The summed E-state index contributed by atoms with van der Waals surface area (Å²) in [6.45, 7) is 5.40. The number of hydrogen-bond acceptors (Lipinski definition) is 6. The van der Waals surface area contributed by atoms with Crippen molar-refractivity contribution < 1.29 is 56.8 Å². The zero-order chi connectivity index (χ0) is 13.5. The Bertz CT molecular complexity index is 338. The molecular weight excluding hydrogens is 271 g/mol. The van der Waals surface area contributed by atoms with Crippen molar-refractivity contribution in [1.29, 1.82) is 0 Å². The first-order valence-corrected chi connectivity index (χ1v) is 6.95. The number of carbonyl (C=O) groups excluding carboxylic acids is 1. The average Bonchev–Trinajstić information content (AvgIpc) is 2.21. The van der Waals surface area contributed by atoms with Gasteiger partial charge in [-0.2, -0.15) is 0 Å². The minimum Gasteiger partial charge on any atom is -0.748 e. The number of carbonyl (C=O) groups is 1. The average molecular weight is 290 g/mol. The molecule has 8 heteroatoms. The minimum absolute atomic E-state index is 0. The molecule has 0 saturated carbocycles. The van der Waals surface area contributed by atoms with Crippen LogP contribution in [0.1, 0.15) is 27.2 Å². The van der Waals surface area contributed by atoms with Crippen molar-refractivity contribution in [2.75, 3.05) is 25.6 Å². The van der Waals surface area contributed by atoms with Crippen LogP contribution in [-0.4, -0.2) is 44.5 Å². The van der Waals surface area contributed by atoms with E-state index >= 15 is 0 Å². The Kier molecular flexibility index (Phi) is 10.6. The van der Waals surface area contributed by atoms with E-state index in [2.05, 4.69) is 0 Å². The monoisotopic (exact) mass is 290 g/mol. The molecule has 0 fully saturated rings. The Morgan fingerprint density at radius 2 is 1.78 bits per heavy atom. The molecule has 0 aromatic heterocycles. The molecule has 0 atom stereocenters. The normalized spacial score (nSPS) is 11.8. The van der Waals surface area contributed by atoms with Crippen LogP contribution in [0.25, 0.3) is 0 Å². The molecule has 0 saturated heterocycles. The third-order valence-electron chi connectivity index (χ3n) is 2.37. The molecule has 6 nitrogen and oxygen atoms in total. The number of hydrogen-bond donors (Lipinski definition) is 0. The van der Waals surface area contributed by atoms with E-state index in [-0.39, 0.29) is 55.3 Å². The van der Waals surface area contributed by atoms with Gasteiger partial charge in [0.15, 0.2) is 0 Å². The van der Waals surface area contributed by atoms with E-state index in [1.54, 1.807) is 13.8 Å². The van der Waals surface area contributed by atoms with Crippen LogP contribution in [0.15, 0.2) is 0 Å². The van der Waals surface area contributed by atoms with Crippen LogP contribution in [0, 0.1) is 5.41 Å². The van der Waals surface area contributed by atoms with Crippen molar-refractivity contribution in [1.82, 2.24) is 0 Å². The summed E-state index contributed by atoms with van der Waals surface area (Å²) in [5, 5.41) is 0. The Labute approximate surface area is 130 Å². The number of esters is 1. The van der Waals surface area contributed by atoms with Gasteiger partial charge in [-0.3, -0.25) is 4.79 Å². The maximum absolute atomic E-state index is 11.5. The van der Waals surface area contributed by atoms with Crippen LogP contribution in [0.2, 0.25) is 0 Å². The first kappa shape index (κ1) is 20.7. The van der Waals surface area contributed by atoms with E-state index in [9.17, 15) is 17.8 Å². The Hall–Kier alpha value is 0.340. The summed E-state index contributed by atoms with van der Waals surface area (Å²) >= 11 is 0. The first-order valence-electron chi connectivity index (χ1n) is 5.37. The number of rotatable bonds is 8. The fraction of sp³-hybridized carbons (Fsp3) is 0.900. The van der Waals surface area contributed by atoms with Crippen molar-refractivity contribution >= 4 is 16.1 Å². The summed E-state index contributed by atoms with van der Waals surface area (Å²) in [6.07, 6.45) is 0.668. The zero-order valence-corrected chi connectivity index (χ0v) is 14.2. The summed E-state index contributed by atoms with van der Waals surface area (Å²) in [6, 6.07) is 0. The molecule has 102 valence electrons. The quantitative estimate of drug-likeness (QED) is 0.213. The molecule has 0 aliphatic rings. The summed E-state index contributed by atoms with van der Waals surface area (Å²) in [5.74, 6) is -0.887. The SMILES string of the molecule is CCC(C)(C)C(=O)OCCOCCS(=O)(=O)[O-].[Na+]. The van der Waals surface area contributed by atoms with Crippen molar-refractivity contribution in [2.24, 2.45) is 5.41 Å². The van der Waals surface area contributed by atoms with Crippen LogP contribution in [-0.2, 0) is 24.4 Å². The predicted molar refractivity (Wildman–Crippen MR) is 60.4 cm³/mol. The Morgan fingerprint density at radius 1 is 1.22 bits per heavy atom. The van der Waals surface area contributed by atoms with Gasteiger partial charge in [-0.05, 0) is 20.3 Å². The fourth-order valence-electron chi connectivity index (χ4n) is 0.796. The molecule has 0 radical (unpaired) electrons. The summed E-state index contributed by atoms with van der Waals surface area (Å²) in [5.41, 5.74) is -0.529. The van der Waals surface area contributed by atoms with Gasteiger partial charge in [0.05, 0.1) is 34.5 Å². The predicted octanol–water partition coefficient (Wildman–Crippen LogP) is -2.47. The summed E-state index contributed by atoms with van der Waals surface area (Å²) in [7, 11) is -4.24. The van der Waals surface area contributed by atoms with E-state index in [1.807, 2.05) is 6.92 Å². The summed E-state index contributed by atoms with van der Waals surface area (Å²) in [4.78, 5) is 11.5. The van der Waals surface area contributed by atoms with Crippen LogP contribution in [0.5, 0.6) is 0 Å². The molecule has 0 bridgehead atoms. The minimum atomic E-state index is -4.24. The van der Waals surface area contributed by atoms with E-state index in [0.717, 1.165) is 0 Å². The van der Waals surface area contributed by atoms with E-state index < -0.39 is 21.3 Å². The molecule has 0 N–H and O–H groups in total. The van der Waals surface area contributed by atoms with E-state index in [1.165, 1.54) is 0 Å². The standard InChI is InChI=1S/C10H20O6S.Na/c1-4-10(2,3)9(11)16-6-5-15-7-8-17(12,13)14;/h4-8H2,1-3H3,(H,12,13,14);/q;+1/p-1. The van der Waals surface area contributed by atoms with E-state index in [0.29, 0.717) is 6.42 Å². The summed E-state index contributed by atoms with van der Waals surface area (Å²) < 4.78 is 40.5. The smallest absolute Gasteiger partial charge is 0.748 e. The van der Waals surface area contributed by atoms with Crippen molar-refractivity contribution in [3.63, 3.8) is 0 Å². The van der Waals surface area contributed by atoms with Gasteiger partial charge in [-0.25, -0.2) is 8.42 Å². The fourth-order valence-corrected chi connectivity index (χ4v) is 1.12. The van der Waals surface area contributed by atoms with Gasteiger partial charge < -0.3 is 14.0 Å². The van der Waals surface area contributed by atoms with Gasteiger partial charge in [0.25, 0.3) is 0 Å². The van der Waals surface area contributed by atoms with Gasteiger partial charge in [0, 0.05) is 0 Å². The topological polar surface area (TPSA) is 92.7 Å². The van der Waals surface area contributed by atoms with Crippen molar-refractivity contribution in [2.45, 2.75) is 27.2 Å². The third-order valence-corrected chi connectivity index (χ3v) is 3.04. The Morgan fingerprint density at radius 3 is 2.22 bits per heavy atom. The number of ether oxygens (including phenoxy) is 2. The van der Waals surface area contributed by atoms with Gasteiger partial charge >= 0.3 is 35.5 Å². The zero-order valence-electron chi connectivity index (χ0n) is 11.4. The van der Waals surface area contributed by atoms with E-state index in [4.69, 9.17) is 9.47 Å². The van der Waals surface area contributed by atoms with Crippen LogP contribution in [0.3, 0.4) is 0 Å². The first-order chi connectivity index (χ1) is 7.69. The largest absolute Gasteiger partial charge is 1.00 e. The van der Waals surface area contributed by atoms with Gasteiger partial charge in [-0.15, -0.1) is 0 Å². The molecule has 0 heterocycles. The van der Waals surface area contributed by atoms with Gasteiger partial charge in [0.1, 0.15) is 6.61 Å². The second kappa shape index (κ2) is 9.28. The Balaban J connectivity index is 0. The molecule has 0 unspecified atom stereocenters. The maximum atomic E-state index is 11.5. The molecule has 0 spiro atoms. The van der Waals surface area contributed by atoms with Crippen LogP contribution in [0.4, 0.5) is 0 Å². The molecule has 0 aromatic carbocycles. The molecule has 0 aliphatic heterocycles. The van der Waals surface area contributed by atoms with Crippen molar-refractivity contribution in [3.05, 3.63) is 0 Å². The van der Waals surface area contributed by atoms with Gasteiger partial charge in [-0.1, -0.05) is 6.92 Å². The molecule has 0 amide bonds.